The molecule has 2 aromatic carbocycles. The third kappa shape index (κ3) is 6.62. The third-order valence-electron chi connectivity index (χ3n) is 4.75. The first-order chi connectivity index (χ1) is 16.0. The van der Waals surface area contributed by atoms with Gasteiger partial charge in [-0.05, 0) is 43.7 Å². The summed E-state index contributed by atoms with van der Waals surface area (Å²) < 4.78 is 6.41. The van der Waals surface area contributed by atoms with Crippen LogP contribution in [-0.4, -0.2) is 52.9 Å². The van der Waals surface area contributed by atoms with E-state index in [1.807, 2.05) is 12.1 Å². The summed E-state index contributed by atoms with van der Waals surface area (Å²) in [4.78, 5) is 14.5. The molecule has 4 N–H and O–H groups in total. The predicted molar refractivity (Wildman–Crippen MR) is 134 cm³/mol. The highest BCUT2D eigenvalue weighted by molar-refractivity contribution is 7.99. The van der Waals surface area contributed by atoms with Crippen LogP contribution in [0.25, 0.3) is 0 Å². The second kappa shape index (κ2) is 11.8. The second-order valence-electron chi connectivity index (χ2n) is 6.88. The minimum atomic E-state index is -0.197. The number of anilines is 3. The van der Waals surface area contributed by atoms with Crippen LogP contribution in [0.15, 0.2) is 58.8 Å². The molecule has 0 saturated heterocycles. The quantitative estimate of drug-likeness (QED) is 0.170. The van der Waals surface area contributed by atoms with Crippen molar-refractivity contribution >= 4 is 41.2 Å². The average molecular weight is 469 g/mol. The molecule has 0 radical (unpaired) electrons. The molecule has 33 heavy (non-hydrogen) atoms. The van der Waals surface area contributed by atoms with Gasteiger partial charge in [-0.3, -0.25) is 4.79 Å². The van der Waals surface area contributed by atoms with E-state index in [4.69, 9.17) is 10.6 Å². The van der Waals surface area contributed by atoms with Crippen molar-refractivity contribution in [2.45, 2.75) is 19.0 Å². The van der Waals surface area contributed by atoms with E-state index in [-0.39, 0.29) is 17.6 Å². The summed E-state index contributed by atoms with van der Waals surface area (Å²) in [5.74, 6) is 6.88. The van der Waals surface area contributed by atoms with E-state index in [0.717, 1.165) is 18.7 Å². The molecule has 11 heteroatoms. The molecule has 0 bridgehead atoms. The monoisotopic (exact) mass is 468 g/mol. The smallest absolute Gasteiger partial charge is 0.264 e. The number of rotatable bonds is 11. The summed E-state index contributed by atoms with van der Waals surface area (Å²) in [7, 11) is 1.57. The predicted octanol–water partition coefficient (Wildman–Crippen LogP) is 3.02. The van der Waals surface area contributed by atoms with Gasteiger partial charge in [0, 0.05) is 30.5 Å². The number of aromatic nitrogens is 3. The van der Waals surface area contributed by atoms with Crippen molar-refractivity contribution in [1.82, 2.24) is 14.9 Å². The summed E-state index contributed by atoms with van der Waals surface area (Å²) in [6.07, 6.45) is 1.68. The van der Waals surface area contributed by atoms with Crippen LogP contribution in [0.3, 0.4) is 0 Å². The first kappa shape index (κ1) is 23.9. The lowest BCUT2D eigenvalue weighted by Crippen LogP contribution is -2.21. The van der Waals surface area contributed by atoms with Crippen LogP contribution in [0.5, 0.6) is 5.75 Å². The van der Waals surface area contributed by atoms with Gasteiger partial charge in [0.25, 0.3) is 5.95 Å². The Kier molecular flexibility index (Phi) is 8.53. The molecule has 10 nitrogen and oxygen atoms in total. The minimum absolute atomic E-state index is 0.120. The zero-order valence-corrected chi connectivity index (χ0v) is 19.7. The molecule has 3 aromatic rings. The van der Waals surface area contributed by atoms with Crippen molar-refractivity contribution < 1.29 is 9.53 Å². The first-order valence-corrected chi connectivity index (χ1v) is 11.4. The summed E-state index contributed by atoms with van der Waals surface area (Å²) in [6.45, 7) is 6.18. The van der Waals surface area contributed by atoms with E-state index < -0.39 is 0 Å². The highest BCUT2D eigenvalue weighted by Crippen LogP contribution is 2.19. The molecule has 174 valence electrons. The van der Waals surface area contributed by atoms with Crippen molar-refractivity contribution in [2.75, 3.05) is 47.4 Å². The molecule has 1 amide bonds. The van der Waals surface area contributed by atoms with Crippen molar-refractivity contribution in [2.24, 2.45) is 5.10 Å². The molecule has 0 spiro atoms. The van der Waals surface area contributed by atoms with E-state index in [9.17, 15) is 4.79 Å². The van der Waals surface area contributed by atoms with Crippen LogP contribution in [0.1, 0.15) is 19.4 Å². The molecule has 1 aromatic heterocycles. The Morgan fingerprint density at radius 3 is 2.67 bits per heavy atom. The maximum absolute atomic E-state index is 12.2. The van der Waals surface area contributed by atoms with E-state index in [1.54, 1.807) is 37.6 Å². The Hall–Kier alpha value is -3.73. The van der Waals surface area contributed by atoms with Crippen LogP contribution in [0, 0.1) is 0 Å². The fourth-order valence-corrected chi connectivity index (χ4v) is 3.66. The summed E-state index contributed by atoms with van der Waals surface area (Å²) in [5.41, 5.74) is 5.53. The number of nitrogens with zero attached hydrogens (tertiary/aromatic N) is 5. The number of nitrogens with two attached hydrogens (primary N) is 1. The zero-order valence-electron chi connectivity index (χ0n) is 18.9. The van der Waals surface area contributed by atoms with Gasteiger partial charge < -0.3 is 20.8 Å². The zero-order chi connectivity index (χ0) is 23.6. The number of hydrazone groups is 1. The molecule has 3 rings (SSSR count). The highest BCUT2D eigenvalue weighted by atomic mass is 32.2. The number of amides is 1. The van der Waals surface area contributed by atoms with E-state index in [1.165, 1.54) is 22.1 Å². The van der Waals surface area contributed by atoms with E-state index in [0.29, 0.717) is 16.6 Å². The average Bonchev–Trinajstić information content (AvgIpc) is 3.19. The number of methoxy groups -OCH3 is 1. The number of hydrogen-bond acceptors (Lipinski definition) is 9. The first-order valence-electron chi connectivity index (χ1n) is 10.4. The molecule has 1 heterocycles. The Labute approximate surface area is 197 Å². The third-order valence-corrected chi connectivity index (χ3v) is 5.69. The lowest BCUT2D eigenvalue weighted by Gasteiger charge is -2.20. The SMILES string of the molecule is CCN(CC)c1ccc(/C=N/Nc2nnc(SCC(=O)Nc3cccc(OC)c3)n2N)cc1. The van der Waals surface area contributed by atoms with Gasteiger partial charge in [-0.15, -0.1) is 10.2 Å². The van der Waals surface area contributed by atoms with Gasteiger partial charge in [0.15, 0.2) is 0 Å². The number of nitrogen functional groups attached to an aromatic ring is 1. The summed E-state index contributed by atoms with van der Waals surface area (Å²) in [5, 5.41) is 15.4. The van der Waals surface area contributed by atoms with Gasteiger partial charge >= 0.3 is 0 Å². The maximum atomic E-state index is 12.2. The van der Waals surface area contributed by atoms with Gasteiger partial charge in [-0.2, -0.15) is 5.10 Å². The van der Waals surface area contributed by atoms with Crippen LogP contribution in [0.4, 0.5) is 17.3 Å². The van der Waals surface area contributed by atoms with Gasteiger partial charge in [0.05, 0.1) is 19.1 Å². The fourth-order valence-electron chi connectivity index (χ4n) is 3.00. The van der Waals surface area contributed by atoms with Crippen molar-refractivity contribution in [1.29, 1.82) is 0 Å². The molecule has 0 fully saturated rings. The van der Waals surface area contributed by atoms with Crippen molar-refractivity contribution in [3.05, 3.63) is 54.1 Å². The number of ether oxygens (including phenoxy) is 1. The molecule has 0 aliphatic carbocycles. The number of nitrogens with one attached hydrogen (secondary N) is 2. The van der Waals surface area contributed by atoms with Crippen LogP contribution >= 0.6 is 11.8 Å². The van der Waals surface area contributed by atoms with Crippen LogP contribution < -0.4 is 26.2 Å². The lowest BCUT2D eigenvalue weighted by molar-refractivity contribution is -0.113. The van der Waals surface area contributed by atoms with E-state index in [2.05, 4.69) is 56.9 Å². The Bertz CT molecular complexity index is 1080. The van der Waals surface area contributed by atoms with Gasteiger partial charge in [0.1, 0.15) is 5.75 Å². The topological polar surface area (TPSA) is 123 Å². The summed E-state index contributed by atoms with van der Waals surface area (Å²) in [6, 6.07) is 15.2. The van der Waals surface area contributed by atoms with Crippen molar-refractivity contribution in [3.8, 4) is 5.75 Å². The number of carbonyl (C=O) groups excluding carboxylic acids is 1. The van der Waals surface area contributed by atoms with Gasteiger partial charge in [0.2, 0.25) is 11.1 Å². The summed E-state index contributed by atoms with van der Waals surface area (Å²) >= 11 is 1.17. The molecular formula is C22H28N8O2S. The van der Waals surface area contributed by atoms with E-state index >= 15 is 0 Å². The molecule has 0 unspecified atom stereocenters. The normalized spacial score (nSPS) is 10.9. The molecule has 0 aliphatic rings. The molecular weight excluding hydrogens is 440 g/mol. The Balaban J connectivity index is 1.51. The number of hydrogen-bond donors (Lipinski definition) is 3. The highest BCUT2D eigenvalue weighted by Gasteiger charge is 2.12. The Morgan fingerprint density at radius 2 is 1.97 bits per heavy atom. The lowest BCUT2D eigenvalue weighted by atomic mass is 10.2. The Morgan fingerprint density at radius 1 is 1.21 bits per heavy atom. The standard InChI is InChI=1S/C22H28N8O2S/c1-4-29(5-2)18-11-9-16(10-12-18)14-24-26-21-27-28-22(30(21)23)33-15-20(31)25-17-7-6-8-19(13-17)32-3/h6-14H,4-5,15,23H2,1-3H3,(H,25,31)(H,26,27)/b24-14+. The number of benzene rings is 2. The van der Waals surface area contributed by atoms with Crippen LogP contribution in [0.2, 0.25) is 0 Å². The largest absolute Gasteiger partial charge is 0.497 e. The van der Waals surface area contributed by atoms with Gasteiger partial charge in [-0.25, -0.2) is 10.1 Å². The van der Waals surface area contributed by atoms with Crippen LogP contribution in [-0.2, 0) is 4.79 Å². The molecule has 0 aliphatic heterocycles. The number of thioether (sulfide) groups is 1. The fraction of sp³-hybridized carbons (Fsp3) is 0.273. The molecule has 0 atom stereocenters. The van der Waals surface area contributed by atoms with Gasteiger partial charge in [-0.1, -0.05) is 30.0 Å². The van der Waals surface area contributed by atoms with Crippen molar-refractivity contribution in [3.63, 3.8) is 0 Å². The second-order valence-corrected chi connectivity index (χ2v) is 7.82. The minimum Gasteiger partial charge on any atom is -0.497 e. The molecule has 0 saturated carbocycles. The maximum Gasteiger partial charge on any atom is 0.264 e. The number of carbonyl (C=O) groups is 1.